The molecule has 1 aromatic carbocycles. The monoisotopic (exact) mass is 253 g/mol. The molecule has 0 aliphatic carbocycles. The first-order valence-electron chi connectivity index (χ1n) is 4.80. The van der Waals surface area contributed by atoms with Crippen LogP contribution < -0.4 is 0 Å². The Morgan fingerprint density at radius 1 is 1.41 bits per heavy atom. The molecule has 0 saturated carbocycles. The highest BCUT2D eigenvalue weighted by atomic mass is 35.5. The van der Waals surface area contributed by atoms with Crippen molar-refractivity contribution in [3.05, 3.63) is 40.4 Å². The SMILES string of the molecule is CO/N=C/c1c(Cl)cccc1/C=C/C(=O)OC. The van der Waals surface area contributed by atoms with Crippen LogP contribution in [0.25, 0.3) is 6.08 Å². The number of hydrogen-bond donors (Lipinski definition) is 0. The van der Waals surface area contributed by atoms with Crippen LogP contribution in [-0.4, -0.2) is 26.4 Å². The van der Waals surface area contributed by atoms with Crippen LogP contribution in [0.4, 0.5) is 0 Å². The van der Waals surface area contributed by atoms with Crippen molar-refractivity contribution in [1.29, 1.82) is 0 Å². The summed E-state index contributed by atoms with van der Waals surface area (Å²) in [6.45, 7) is 0. The van der Waals surface area contributed by atoms with Gasteiger partial charge in [-0.25, -0.2) is 4.79 Å². The highest BCUT2D eigenvalue weighted by Crippen LogP contribution is 2.19. The fraction of sp³-hybridized carbons (Fsp3) is 0.167. The van der Waals surface area contributed by atoms with E-state index < -0.39 is 5.97 Å². The normalized spacial score (nSPS) is 11.0. The third-order valence-electron chi connectivity index (χ3n) is 1.97. The number of nitrogens with zero attached hydrogens (tertiary/aromatic N) is 1. The number of halogens is 1. The number of methoxy groups -OCH3 is 1. The average molecular weight is 254 g/mol. The van der Waals surface area contributed by atoms with E-state index in [4.69, 9.17) is 11.6 Å². The zero-order valence-corrected chi connectivity index (χ0v) is 10.3. The number of carbonyl (C=O) groups is 1. The molecule has 0 aromatic heterocycles. The summed E-state index contributed by atoms with van der Waals surface area (Å²) in [7, 11) is 2.76. The third-order valence-corrected chi connectivity index (χ3v) is 2.30. The van der Waals surface area contributed by atoms with Gasteiger partial charge in [-0.1, -0.05) is 28.9 Å². The smallest absolute Gasteiger partial charge is 0.330 e. The van der Waals surface area contributed by atoms with E-state index in [-0.39, 0.29) is 0 Å². The van der Waals surface area contributed by atoms with E-state index in [2.05, 4.69) is 14.7 Å². The standard InChI is InChI=1S/C12H12ClNO3/c1-16-12(15)7-6-9-4-3-5-11(13)10(9)8-14-17-2/h3-8H,1-2H3/b7-6+,14-8+. The third kappa shape index (κ3) is 3.92. The summed E-state index contributed by atoms with van der Waals surface area (Å²) in [5.74, 6) is -0.431. The second-order valence-electron chi connectivity index (χ2n) is 3.02. The van der Waals surface area contributed by atoms with E-state index in [0.29, 0.717) is 10.6 Å². The van der Waals surface area contributed by atoms with Gasteiger partial charge >= 0.3 is 5.97 Å². The Kier molecular flexibility index (Phi) is 5.23. The van der Waals surface area contributed by atoms with Crippen molar-refractivity contribution < 1.29 is 14.4 Å². The van der Waals surface area contributed by atoms with Gasteiger partial charge < -0.3 is 9.57 Å². The summed E-state index contributed by atoms with van der Waals surface area (Å²) in [5.41, 5.74) is 1.43. The maximum absolute atomic E-state index is 11.0. The first-order chi connectivity index (χ1) is 8.19. The van der Waals surface area contributed by atoms with Crippen LogP contribution in [0, 0.1) is 0 Å². The van der Waals surface area contributed by atoms with Gasteiger partial charge in [-0.3, -0.25) is 0 Å². The van der Waals surface area contributed by atoms with Crippen LogP contribution in [0.1, 0.15) is 11.1 Å². The van der Waals surface area contributed by atoms with Gasteiger partial charge in [-0.2, -0.15) is 0 Å². The molecule has 90 valence electrons. The van der Waals surface area contributed by atoms with Crippen LogP contribution in [0.2, 0.25) is 5.02 Å². The van der Waals surface area contributed by atoms with Gasteiger partial charge in [0.05, 0.1) is 18.3 Å². The van der Waals surface area contributed by atoms with Crippen molar-refractivity contribution >= 4 is 29.9 Å². The zero-order valence-electron chi connectivity index (χ0n) is 9.51. The van der Waals surface area contributed by atoms with E-state index >= 15 is 0 Å². The Hall–Kier alpha value is -1.81. The zero-order chi connectivity index (χ0) is 12.7. The van der Waals surface area contributed by atoms with Gasteiger partial charge in [0.2, 0.25) is 0 Å². The molecule has 0 aliphatic rings. The second-order valence-corrected chi connectivity index (χ2v) is 3.42. The summed E-state index contributed by atoms with van der Waals surface area (Å²) >= 11 is 6.02. The molecule has 1 aromatic rings. The van der Waals surface area contributed by atoms with Crippen molar-refractivity contribution in [2.45, 2.75) is 0 Å². The van der Waals surface area contributed by atoms with Gasteiger partial charge in [0, 0.05) is 11.6 Å². The van der Waals surface area contributed by atoms with Gasteiger partial charge in [0.1, 0.15) is 7.11 Å². The van der Waals surface area contributed by atoms with Crippen LogP contribution >= 0.6 is 11.6 Å². The molecule has 0 N–H and O–H groups in total. The largest absolute Gasteiger partial charge is 0.466 e. The molecule has 0 atom stereocenters. The first kappa shape index (κ1) is 13.3. The predicted molar refractivity (Wildman–Crippen MR) is 67.1 cm³/mol. The van der Waals surface area contributed by atoms with E-state index in [1.807, 2.05) is 6.07 Å². The predicted octanol–water partition coefficient (Wildman–Crippen LogP) is 2.51. The van der Waals surface area contributed by atoms with Crippen molar-refractivity contribution in [3.63, 3.8) is 0 Å². The molecule has 0 aliphatic heterocycles. The highest BCUT2D eigenvalue weighted by Gasteiger charge is 2.03. The Morgan fingerprint density at radius 2 is 2.18 bits per heavy atom. The van der Waals surface area contributed by atoms with E-state index in [0.717, 1.165) is 5.56 Å². The van der Waals surface area contributed by atoms with Crippen molar-refractivity contribution in [2.75, 3.05) is 14.2 Å². The number of benzene rings is 1. The number of rotatable bonds is 4. The fourth-order valence-corrected chi connectivity index (χ4v) is 1.40. The van der Waals surface area contributed by atoms with E-state index in [1.165, 1.54) is 26.5 Å². The molecule has 5 heteroatoms. The molecule has 0 amide bonds. The molecule has 0 saturated heterocycles. The summed E-state index contributed by atoms with van der Waals surface area (Å²) in [5, 5.41) is 4.18. The van der Waals surface area contributed by atoms with Crippen molar-refractivity contribution in [1.82, 2.24) is 0 Å². The summed E-state index contributed by atoms with van der Waals surface area (Å²) in [6.07, 6.45) is 4.41. The quantitative estimate of drug-likeness (QED) is 0.359. The molecule has 0 bridgehead atoms. The maximum Gasteiger partial charge on any atom is 0.330 e. The molecule has 0 unspecified atom stereocenters. The van der Waals surface area contributed by atoms with Crippen molar-refractivity contribution in [3.8, 4) is 0 Å². The lowest BCUT2D eigenvalue weighted by atomic mass is 10.1. The molecular weight excluding hydrogens is 242 g/mol. The Bertz CT molecular complexity index is 455. The molecule has 0 radical (unpaired) electrons. The molecule has 4 nitrogen and oxygen atoms in total. The topological polar surface area (TPSA) is 47.9 Å². The molecule has 0 fully saturated rings. The number of oxime groups is 1. The fourth-order valence-electron chi connectivity index (χ4n) is 1.17. The Morgan fingerprint density at radius 3 is 2.82 bits per heavy atom. The van der Waals surface area contributed by atoms with Gasteiger partial charge in [-0.05, 0) is 17.7 Å². The minimum Gasteiger partial charge on any atom is -0.466 e. The average Bonchev–Trinajstić information content (AvgIpc) is 2.34. The highest BCUT2D eigenvalue weighted by molar-refractivity contribution is 6.33. The minimum absolute atomic E-state index is 0.431. The Balaban J connectivity index is 3.06. The number of ether oxygens (including phenoxy) is 1. The number of carbonyl (C=O) groups excluding carboxylic acids is 1. The van der Waals surface area contributed by atoms with Crippen molar-refractivity contribution in [2.24, 2.45) is 5.16 Å². The van der Waals surface area contributed by atoms with Gasteiger partial charge in [0.15, 0.2) is 0 Å². The van der Waals surface area contributed by atoms with Crippen LogP contribution in [-0.2, 0) is 14.4 Å². The van der Waals surface area contributed by atoms with Gasteiger partial charge in [0.25, 0.3) is 0 Å². The number of hydrogen-bond acceptors (Lipinski definition) is 4. The van der Waals surface area contributed by atoms with Gasteiger partial charge in [-0.15, -0.1) is 0 Å². The van der Waals surface area contributed by atoms with E-state index in [9.17, 15) is 4.79 Å². The molecule has 0 spiro atoms. The molecule has 17 heavy (non-hydrogen) atoms. The maximum atomic E-state index is 11.0. The summed E-state index contributed by atoms with van der Waals surface area (Å²) in [4.78, 5) is 15.6. The summed E-state index contributed by atoms with van der Waals surface area (Å²) < 4.78 is 4.51. The molecular formula is C12H12ClNO3. The first-order valence-corrected chi connectivity index (χ1v) is 5.18. The minimum atomic E-state index is -0.431. The van der Waals surface area contributed by atoms with Crippen LogP contribution in [0.5, 0.6) is 0 Å². The second kappa shape index (κ2) is 6.70. The van der Waals surface area contributed by atoms with E-state index in [1.54, 1.807) is 18.2 Å². The molecule has 1 rings (SSSR count). The number of esters is 1. The Labute approximate surface area is 104 Å². The van der Waals surface area contributed by atoms with Crippen LogP contribution in [0.3, 0.4) is 0 Å². The molecule has 0 heterocycles. The van der Waals surface area contributed by atoms with Crippen LogP contribution in [0.15, 0.2) is 29.4 Å². The lowest BCUT2D eigenvalue weighted by Gasteiger charge is -2.02. The lowest BCUT2D eigenvalue weighted by molar-refractivity contribution is -0.134. The summed E-state index contributed by atoms with van der Waals surface area (Å²) in [6, 6.07) is 5.32. The lowest BCUT2D eigenvalue weighted by Crippen LogP contribution is -1.95.